The van der Waals surface area contributed by atoms with Crippen LogP contribution >= 0.6 is 0 Å². The minimum atomic E-state index is -0.428. The molecule has 0 aromatic rings. The maximum absolute atomic E-state index is 12.3. The first-order valence-corrected chi connectivity index (χ1v) is 7.87. The van der Waals surface area contributed by atoms with Gasteiger partial charge in [0.1, 0.15) is 5.60 Å². The summed E-state index contributed by atoms with van der Waals surface area (Å²) in [5.74, 6) is 0.596. The second kappa shape index (κ2) is 6.79. The van der Waals surface area contributed by atoms with Crippen LogP contribution in [0.1, 0.15) is 61.3 Å². The van der Waals surface area contributed by atoms with Crippen molar-refractivity contribution >= 4 is 6.09 Å². The fourth-order valence-corrected chi connectivity index (χ4v) is 2.47. The number of rotatable bonds is 3. The lowest BCUT2D eigenvalue weighted by molar-refractivity contribution is 0.00610. The van der Waals surface area contributed by atoms with Crippen molar-refractivity contribution in [3.05, 3.63) is 0 Å². The van der Waals surface area contributed by atoms with Crippen LogP contribution in [0.5, 0.6) is 0 Å². The van der Waals surface area contributed by atoms with Gasteiger partial charge in [0.2, 0.25) is 0 Å². The first kappa shape index (κ1) is 17.3. The van der Waals surface area contributed by atoms with Gasteiger partial charge in [0.05, 0.1) is 0 Å². The molecule has 0 aromatic heterocycles. The molecule has 0 spiro atoms. The molecule has 1 amide bonds. The molecule has 3 atom stereocenters. The SMILES string of the molecule is CC(C)C(C)NC1CCCN(C(=O)OC(C)(C)C)C1C. The molecule has 4 nitrogen and oxygen atoms in total. The van der Waals surface area contributed by atoms with E-state index in [2.05, 4.69) is 33.0 Å². The molecule has 0 saturated carbocycles. The topological polar surface area (TPSA) is 41.6 Å². The number of carbonyl (C=O) groups excluding carboxylic acids is 1. The van der Waals surface area contributed by atoms with Crippen molar-refractivity contribution in [2.45, 2.75) is 85.0 Å². The van der Waals surface area contributed by atoms with E-state index in [1.54, 1.807) is 0 Å². The highest BCUT2D eigenvalue weighted by Gasteiger charge is 2.34. The predicted molar refractivity (Wildman–Crippen MR) is 82.9 cm³/mol. The lowest BCUT2D eigenvalue weighted by Gasteiger charge is -2.41. The van der Waals surface area contributed by atoms with Crippen molar-refractivity contribution in [3.63, 3.8) is 0 Å². The maximum atomic E-state index is 12.3. The number of likely N-dealkylation sites (tertiary alicyclic amines) is 1. The summed E-state index contributed by atoms with van der Waals surface area (Å²) in [4.78, 5) is 14.1. The third kappa shape index (κ3) is 4.97. The molecule has 20 heavy (non-hydrogen) atoms. The summed E-state index contributed by atoms with van der Waals surface area (Å²) in [6.07, 6.45) is 1.97. The minimum Gasteiger partial charge on any atom is -0.444 e. The Balaban J connectivity index is 2.64. The van der Waals surface area contributed by atoms with Gasteiger partial charge in [-0.1, -0.05) is 13.8 Å². The first-order valence-electron chi connectivity index (χ1n) is 7.87. The highest BCUT2D eigenvalue weighted by molar-refractivity contribution is 5.68. The quantitative estimate of drug-likeness (QED) is 0.863. The third-order valence-corrected chi connectivity index (χ3v) is 4.09. The minimum absolute atomic E-state index is 0.180. The Bertz CT molecular complexity index is 323. The van der Waals surface area contributed by atoms with Gasteiger partial charge in [-0.2, -0.15) is 0 Å². The van der Waals surface area contributed by atoms with Crippen LogP contribution in [0, 0.1) is 5.92 Å². The molecule has 1 heterocycles. The van der Waals surface area contributed by atoms with E-state index in [4.69, 9.17) is 4.74 Å². The Morgan fingerprint density at radius 2 is 1.90 bits per heavy atom. The zero-order chi connectivity index (χ0) is 15.5. The second-order valence-electron chi connectivity index (χ2n) is 7.36. The zero-order valence-corrected chi connectivity index (χ0v) is 14.2. The molecule has 4 heteroatoms. The van der Waals surface area contributed by atoms with Gasteiger partial charge in [0.25, 0.3) is 0 Å². The molecule has 0 aromatic carbocycles. The number of hydrogen-bond acceptors (Lipinski definition) is 3. The van der Waals surface area contributed by atoms with Crippen LogP contribution in [0.25, 0.3) is 0 Å². The van der Waals surface area contributed by atoms with Crippen LogP contribution in [0.4, 0.5) is 4.79 Å². The van der Waals surface area contributed by atoms with Crippen molar-refractivity contribution in [1.82, 2.24) is 10.2 Å². The molecule has 1 rings (SSSR count). The number of amides is 1. The van der Waals surface area contributed by atoms with Gasteiger partial charge in [-0.25, -0.2) is 4.79 Å². The van der Waals surface area contributed by atoms with E-state index in [1.807, 2.05) is 25.7 Å². The summed E-state index contributed by atoms with van der Waals surface area (Å²) in [7, 11) is 0. The second-order valence-corrected chi connectivity index (χ2v) is 7.36. The predicted octanol–water partition coefficient (Wildman–Crippen LogP) is 3.41. The largest absolute Gasteiger partial charge is 0.444 e. The van der Waals surface area contributed by atoms with Gasteiger partial charge in [0, 0.05) is 24.7 Å². The van der Waals surface area contributed by atoms with Gasteiger partial charge in [-0.05, 0) is 53.4 Å². The highest BCUT2D eigenvalue weighted by Crippen LogP contribution is 2.21. The highest BCUT2D eigenvalue weighted by atomic mass is 16.6. The van der Waals surface area contributed by atoms with E-state index >= 15 is 0 Å². The number of nitrogens with zero attached hydrogens (tertiary/aromatic N) is 1. The van der Waals surface area contributed by atoms with Crippen LogP contribution in [0.15, 0.2) is 0 Å². The molecular formula is C16H32N2O2. The Morgan fingerprint density at radius 3 is 2.40 bits per heavy atom. The normalized spacial score (nSPS) is 25.7. The van der Waals surface area contributed by atoms with Crippen molar-refractivity contribution in [2.24, 2.45) is 5.92 Å². The van der Waals surface area contributed by atoms with Crippen molar-refractivity contribution < 1.29 is 9.53 Å². The molecule has 118 valence electrons. The maximum Gasteiger partial charge on any atom is 0.410 e. The molecule has 1 saturated heterocycles. The molecule has 0 aliphatic carbocycles. The average Bonchev–Trinajstić information content (AvgIpc) is 2.29. The van der Waals surface area contributed by atoms with Crippen LogP contribution in [0.3, 0.4) is 0 Å². The zero-order valence-electron chi connectivity index (χ0n) is 14.2. The van der Waals surface area contributed by atoms with Crippen molar-refractivity contribution in [2.75, 3.05) is 6.54 Å². The number of ether oxygens (including phenoxy) is 1. The van der Waals surface area contributed by atoms with Crippen LogP contribution in [-0.4, -0.2) is 41.3 Å². The molecule has 1 aliphatic heterocycles. The third-order valence-electron chi connectivity index (χ3n) is 4.09. The Labute approximate surface area is 124 Å². The summed E-state index contributed by atoms with van der Waals surface area (Å²) in [6.45, 7) is 15.3. The first-order chi connectivity index (χ1) is 9.11. The van der Waals surface area contributed by atoms with E-state index in [9.17, 15) is 4.79 Å². The molecular weight excluding hydrogens is 252 g/mol. The van der Waals surface area contributed by atoms with Gasteiger partial charge >= 0.3 is 6.09 Å². The summed E-state index contributed by atoms with van der Waals surface area (Å²) in [6, 6.07) is 0.995. The molecule has 1 N–H and O–H groups in total. The molecule has 0 radical (unpaired) electrons. The van der Waals surface area contributed by atoms with E-state index in [0.717, 1.165) is 19.4 Å². The number of carbonyl (C=O) groups is 1. The lowest BCUT2D eigenvalue weighted by Crippen LogP contribution is -2.57. The van der Waals surface area contributed by atoms with Crippen LogP contribution in [0.2, 0.25) is 0 Å². The van der Waals surface area contributed by atoms with E-state index < -0.39 is 5.60 Å². The Hall–Kier alpha value is -0.770. The number of hydrogen-bond donors (Lipinski definition) is 1. The Morgan fingerprint density at radius 1 is 1.30 bits per heavy atom. The molecule has 3 unspecified atom stereocenters. The summed E-state index contributed by atoms with van der Waals surface area (Å²) in [5, 5.41) is 3.67. The smallest absolute Gasteiger partial charge is 0.410 e. The summed E-state index contributed by atoms with van der Waals surface area (Å²) in [5.41, 5.74) is -0.428. The molecule has 1 fully saturated rings. The van der Waals surface area contributed by atoms with E-state index in [-0.39, 0.29) is 12.1 Å². The van der Waals surface area contributed by atoms with Crippen molar-refractivity contribution in [3.8, 4) is 0 Å². The summed E-state index contributed by atoms with van der Waals surface area (Å²) < 4.78 is 5.51. The van der Waals surface area contributed by atoms with E-state index in [1.165, 1.54) is 0 Å². The van der Waals surface area contributed by atoms with Gasteiger partial charge in [-0.3, -0.25) is 0 Å². The number of nitrogens with one attached hydrogen (secondary N) is 1. The lowest BCUT2D eigenvalue weighted by atomic mass is 9.95. The Kier molecular flexibility index (Phi) is 5.87. The van der Waals surface area contributed by atoms with Crippen LogP contribution in [-0.2, 0) is 4.74 Å². The van der Waals surface area contributed by atoms with Crippen molar-refractivity contribution in [1.29, 1.82) is 0 Å². The standard InChI is InChI=1S/C16H32N2O2/c1-11(2)12(3)17-14-9-8-10-18(13(14)4)15(19)20-16(5,6)7/h11-14,17H,8-10H2,1-7H3. The fraction of sp³-hybridized carbons (Fsp3) is 0.938. The fourth-order valence-electron chi connectivity index (χ4n) is 2.47. The molecule has 1 aliphatic rings. The monoisotopic (exact) mass is 284 g/mol. The van der Waals surface area contributed by atoms with Gasteiger partial charge in [-0.15, -0.1) is 0 Å². The van der Waals surface area contributed by atoms with Gasteiger partial charge in [0.15, 0.2) is 0 Å². The van der Waals surface area contributed by atoms with Gasteiger partial charge < -0.3 is 15.0 Å². The molecule has 0 bridgehead atoms. The average molecular weight is 284 g/mol. The number of piperidine rings is 1. The summed E-state index contributed by atoms with van der Waals surface area (Å²) >= 11 is 0. The van der Waals surface area contributed by atoms with E-state index in [0.29, 0.717) is 18.0 Å². The van der Waals surface area contributed by atoms with Crippen LogP contribution < -0.4 is 5.32 Å².